The fourth-order valence-electron chi connectivity index (χ4n) is 2.10. The van der Waals surface area contributed by atoms with Crippen LogP contribution in [0.4, 0.5) is 11.4 Å². The highest BCUT2D eigenvalue weighted by molar-refractivity contribution is 5.96. The topological polar surface area (TPSA) is 67.8 Å². The lowest BCUT2D eigenvalue weighted by Gasteiger charge is -2.11. The first-order valence-electron chi connectivity index (χ1n) is 6.14. The van der Waals surface area contributed by atoms with Crippen molar-refractivity contribution in [3.8, 4) is 11.5 Å². The lowest BCUT2D eigenvalue weighted by atomic mass is 10.1. The highest BCUT2D eigenvalue weighted by Gasteiger charge is 2.20. The zero-order valence-corrected chi connectivity index (χ0v) is 10.8. The van der Waals surface area contributed by atoms with Gasteiger partial charge in [-0.05, 0) is 24.6 Å². The molecule has 0 radical (unpaired) electrons. The number of carboxylic acid groups (broad SMARTS) is 1. The summed E-state index contributed by atoms with van der Waals surface area (Å²) in [5.74, 6) is -0.0131. The molecule has 0 saturated carbocycles. The maximum absolute atomic E-state index is 11.3. The third kappa shape index (κ3) is 2.25. The predicted molar refractivity (Wildman–Crippen MR) is 74.0 cm³/mol. The van der Waals surface area contributed by atoms with E-state index in [0.29, 0.717) is 17.2 Å². The number of hydrogen-bond donors (Lipinski definition) is 2. The summed E-state index contributed by atoms with van der Waals surface area (Å²) >= 11 is 0. The van der Waals surface area contributed by atoms with Gasteiger partial charge in [-0.2, -0.15) is 0 Å². The summed E-state index contributed by atoms with van der Waals surface area (Å²) in [4.78, 5) is 11.3. The molecule has 5 heteroatoms. The minimum absolute atomic E-state index is 0.113. The minimum atomic E-state index is -1.02. The zero-order chi connectivity index (χ0) is 14.1. The summed E-state index contributed by atoms with van der Waals surface area (Å²) in [6.45, 7) is 2.09. The van der Waals surface area contributed by atoms with Crippen molar-refractivity contribution in [1.82, 2.24) is 0 Å². The molecule has 2 aromatic rings. The predicted octanol–water partition coefficient (Wildman–Crippen LogP) is 3.17. The lowest BCUT2D eigenvalue weighted by molar-refractivity contribution is 0.0697. The summed E-state index contributed by atoms with van der Waals surface area (Å²) in [7, 11) is 0. The number of nitrogens with one attached hydrogen (secondary N) is 1. The monoisotopic (exact) mass is 271 g/mol. The molecule has 0 atom stereocenters. The number of fused-ring (bicyclic) bond motifs is 1. The second-order valence-electron chi connectivity index (χ2n) is 4.55. The third-order valence-corrected chi connectivity index (χ3v) is 3.04. The minimum Gasteiger partial charge on any atom is -0.478 e. The number of carboxylic acids is 1. The molecule has 2 aromatic carbocycles. The van der Waals surface area contributed by atoms with Crippen LogP contribution in [0.1, 0.15) is 15.9 Å². The van der Waals surface area contributed by atoms with Crippen molar-refractivity contribution < 1.29 is 19.4 Å². The van der Waals surface area contributed by atoms with Crippen LogP contribution >= 0.6 is 0 Å². The van der Waals surface area contributed by atoms with Crippen molar-refractivity contribution in [2.45, 2.75) is 6.92 Å². The molecular formula is C15H13NO4. The Hall–Kier alpha value is -2.69. The average molecular weight is 271 g/mol. The number of anilines is 2. The van der Waals surface area contributed by atoms with Crippen LogP contribution in [0, 0.1) is 6.92 Å². The van der Waals surface area contributed by atoms with Gasteiger partial charge in [-0.25, -0.2) is 4.79 Å². The zero-order valence-electron chi connectivity index (χ0n) is 10.8. The second kappa shape index (κ2) is 4.77. The smallest absolute Gasteiger partial charge is 0.337 e. The molecule has 102 valence electrons. The van der Waals surface area contributed by atoms with E-state index in [1.165, 1.54) is 6.07 Å². The van der Waals surface area contributed by atoms with E-state index in [1.54, 1.807) is 6.07 Å². The van der Waals surface area contributed by atoms with E-state index in [2.05, 4.69) is 5.32 Å². The lowest BCUT2D eigenvalue weighted by Crippen LogP contribution is -2.03. The molecule has 0 fully saturated rings. The molecule has 0 saturated heterocycles. The quantitative estimate of drug-likeness (QED) is 0.897. The van der Waals surface area contributed by atoms with Crippen LogP contribution in [-0.2, 0) is 0 Å². The fraction of sp³-hybridized carbons (Fsp3) is 0.133. The molecule has 1 aliphatic heterocycles. The largest absolute Gasteiger partial charge is 0.478 e. The molecule has 3 rings (SSSR count). The molecule has 0 spiro atoms. The molecule has 2 N–H and O–H groups in total. The molecule has 0 bridgehead atoms. The summed E-state index contributed by atoms with van der Waals surface area (Å²) in [5.41, 5.74) is 2.54. The molecular weight excluding hydrogens is 258 g/mol. The van der Waals surface area contributed by atoms with Crippen molar-refractivity contribution in [3.63, 3.8) is 0 Å². The molecule has 0 aromatic heterocycles. The van der Waals surface area contributed by atoms with Crippen molar-refractivity contribution in [2.75, 3.05) is 12.1 Å². The van der Waals surface area contributed by atoms with Crippen LogP contribution in [-0.4, -0.2) is 17.9 Å². The molecule has 0 aliphatic carbocycles. The number of carbonyl (C=O) groups is 1. The van der Waals surface area contributed by atoms with Gasteiger partial charge in [0.05, 0.1) is 11.3 Å². The first-order chi connectivity index (χ1) is 9.63. The van der Waals surface area contributed by atoms with Gasteiger partial charge in [0.25, 0.3) is 0 Å². The Morgan fingerprint density at radius 1 is 1.20 bits per heavy atom. The van der Waals surface area contributed by atoms with Crippen molar-refractivity contribution in [1.29, 1.82) is 0 Å². The van der Waals surface area contributed by atoms with E-state index in [9.17, 15) is 9.90 Å². The van der Waals surface area contributed by atoms with Gasteiger partial charge in [-0.1, -0.05) is 12.1 Å². The van der Waals surface area contributed by atoms with Gasteiger partial charge in [-0.3, -0.25) is 0 Å². The molecule has 0 amide bonds. The van der Waals surface area contributed by atoms with E-state index in [-0.39, 0.29) is 12.4 Å². The Morgan fingerprint density at radius 3 is 2.65 bits per heavy atom. The fourth-order valence-corrected chi connectivity index (χ4v) is 2.10. The van der Waals surface area contributed by atoms with Crippen LogP contribution < -0.4 is 14.8 Å². The Morgan fingerprint density at radius 2 is 1.95 bits per heavy atom. The maximum Gasteiger partial charge on any atom is 0.337 e. The third-order valence-electron chi connectivity index (χ3n) is 3.04. The van der Waals surface area contributed by atoms with Crippen LogP contribution in [0.25, 0.3) is 0 Å². The molecule has 5 nitrogen and oxygen atoms in total. The summed E-state index contributed by atoms with van der Waals surface area (Å²) in [6, 6.07) is 10.8. The Bertz CT molecular complexity index is 682. The van der Waals surface area contributed by atoms with E-state index in [4.69, 9.17) is 9.47 Å². The highest BCUT2D eigenvalue weighted by Crippen LogP contribution is 2.38. The number of aromatic carboxylic acids is 1. The van der Waals surface area contributed by atoms with Crippen LogP contribution in [0.3, 0.4) is 0 Å². The molecule has 1 aliphatic rings. The molecule has 20 heavy (non-hydrogen) atoms. The maximum atomic E-state index is 11.3. The molecule has 1 heterocycles. The summed E-state index contributed by atoms with van der Waals surface area (Å²) in [5, 5.41) is 12.4. The second-order valence-corrected chi connectivity index (χ2v) is 4.55. The number of rotatable bonds is 3. The Labute approximate surface area is 115 Å². The van der Waals surface area contributed by atoms with Crippen LogP contribution in [0.2, 0.25) is 0 Å². The first kappa shape index (κ1) is 12.3. The standard InChI is InChI=1S/C15H13NO4/c1-9-3-2-4-10(5-9)16-12-7-14-13(19-8-20-14)6-11(12)15(17)18/h2-7,16H,8H2,1H3,(H,17,18). The highest BCUT2D eigenvalue weighted by atomic mass is 16.7. The summed E-state index contributed by atoms with van der Waals surface area (Å²) < 4.78 is 10.5. The van der Waals surface area contributed by atoms with Crippen molar-refractivity contribution in [2.24, 2.45) is 0 Å². The Balaban J connectivity index is 2.01. The van der Waals surface area contributed by atoms with E-state index < -0.39 is 5.97 Å². The number of ether oxygens (including phenoxy) is 2. The van der Waals surface area contributed by atoms with Crippen LogP contribution in [0.5, 0.6) is 11.5 Å². The SMILES string of the molecule is Cc1cccc(Nc2cc3c(cc2C(=O)O)OCO3)c1. The van der Waals surface area contributed by atoms with Crippen molar-refractivity contribution in [3.05, 3.63) is 47.5 Å². The Kier molecular flexibility index (Phi) is 2.95. The van der Waals surface area contributed by atoms with Gasteiger partial charge >= 0.3 is 5.97 Å². The van der Waals surface area contributed by atoms with Crippen LogP contribution in [0.15, 0.2) is 36.4 Å². The van der Waals surface area contributed by atoms with Gasteiger partial charge in [0.2, 0.25) is 6.79 Å². The van der Waals surface area contributed by atoms with Crippen molar-refractivity contribution >= 4 is 17.3 Å². The van der Waals surface area contributed by atoms with Gasteiger partial charge in [0, 0.05) is 17.8 Å². The van der Waals surface area contributed by atoms with Gasteiger partial charge in [0.15, 0.2) is 11.5 Å². The molecule has 0 unspecified atom stereocenters. The number of hydrogen-bond acceptors (Lipinski definition) is 4. The van der Waals surface area contributed by atoms with E-state index in [1.807, 2.05) is 31.2 Å². The average Bonchev–Trinajstić information content (AvgIpc) is 2.84. The van der Waals surface area contributed by atoms with E-state index >= 15 is 0 Å². The van der Waals surface area contributed by atoms with Gasteiger partial charge in [0.1, 0.15) is 0 Å². The summed E-state index contributed by atoms with van der Waals surface area (Å²) in [6.07, 6.45) is 0. The van der Waals surface area contributed by atoms with Gasteiger partial charge < -0.3 is 19.9 Å². The first-order valence-corrected chi connectivity index (χ1v) is 6.14. The number of benzene rings is 2. The van der Waals surface area contributed by atoms with E-state index in [0.717, 1.165) is 11.3 Å². The van der Waals surface area contributed by atoms with Gasteiger partial charge in [-0.15, -0.1) is 0 Å². The number of aryl methyl sites for hydroxylation is 1. The normalized spacial score (nSPS) is 12.2.